The first-order valence-electron chi connectivity index (χ1n) is 9.16. The summed E-state index contributed by atoms with van der Waals surface area (Å²) in [5, 5.41) is 0. The molecule has 22 heavy (non-hydrogen) atoms. The summed E-state index contributed by atoms with van der Waals surface area (Å²) in [7, 11) is 1.74. The Hall–Kier alpha value is -0.610. The van der Waals surface area contributed by atoms with E-state index in [4.69, 9.17) is 10.5 Å². The van der Waals surface area contributed by atoms with E-state index in [0.717, 1.165) is 51.6 Å². The van der Waals surface area contributed by atoms with Crippen LogP contribution >= 0.6 is 0 Å². The third kappa shape index (κ3) is 3.65. The molecule has 2 rings (SSSR count). The van der Waals surface area contributed by atoms with E-state index in [2.05, 4.69) is 11.8 Å². The van der Waals surface area contributed by atoms with Crippen molar-refractivity contribution >= 4 is 5.91 Å². The highest BCUT2D eigenvalue weighted by Crippen LogP contribution is 2.47. The molecule has 0 unspecified atom stereocenters. The maximum Gasteiger partial charge on any atom is 0.229 e. The SMILES string of the molecule is COC[C@@H]1CCCN1C(=O)[C@@]1(CCCCN)CCCC[C@H]1C. The Bertz CT molecular complexity index is 361. The van der Waals surface area contributed by atoms with Gasteiger partial charge in [-0.1, -0.05) is 26.2 Å². The molecule has 128 valence electrons. The van der Waals surface area contributed by atoms with Crippen LogP contribution in [-0.2, 0) is 9.53 Å². The molecule has 3 atom stereocenters. The van der Waals surface area contributed by atoms with Crippen molar-refractivity contribution in [3.8, 4) is 0 Å². The van der Waals surface area contributed by atoms with Crippen molar-refractivity contribution in [1.29, 1.82) is 0 Å². The zero-order valence-corrected chi connectivity index (χ0v) is 14.5. The Morgan fingerprint density at radius 3 is 2.77 bits per heavy atom. The zero-order chi connectivity index (χ0) is 16.0. The number of hydrogen-bond acceptors (Lipinski definition) is 3. The normalized spacial score (nSPS) is 32.4. The number of nitrogens with zero attached hydrogens (tertiary/aromatic N) is 1. The first kappa shape index (κ1) is 17.7. The Balaban J connectivity index is 2.14. The Morgan fingerprint density at radius 1 is 1.27 bits per heavy atom. The highest BCUT2D eigenvalue weighted by Gasteiger charge is 2.48. The molecule has 0 aromatic heterocycles. The van der Waals surface area contributed by atoms with Crippen LogP contribution in [0, 0.1) is 11.3 Å². The smallest absolute Gasteiger partial charge is 0.229 e. The van der Waals surface area contributed by atoms with Gasteiger partial charge in [-0.3, -0.25) is 4.79 Å². The number of ether oxygens (including phenoxy) is 1. The van der Waals surface area contributed by atoms with Gasteiger partial charge in [-0.25, -0.2) is 0 Å². The summed E-state index contributed by atoms with van der Waals surface area (Å²) in [6.07, 6.45) is 10.1. The molecule has 0 aromatic rings. The first-order chi connectivity index (χ1) is 10.7. The minimum absolute atomic E-state index is 0.135. The summed E-state index contributed by atoms with van der Waals surface area (Å²) in [4.78, 5) is 15.6. The molecule has 2 aliphatic rings. The van der Waals surface area contributed by atoms with Gasteiger partial charge in [0.05, 0.1) is 18.1 Å². The van der Waals surface area contributed by atoms with Crippen LogP contribution in [0.15, 0.2) is 0 Å². The van der Waals surface area contributed by atoms with E-state index in [0.29, 0.717) is 18.4 Å². The van der Waals surface area contributed by atoms with Gasteiger partial charge < -0.3 is 15.4 Å². The van der Waals surface area contributed by atoms with Crippen molar-refractivity contribution in [2.24, 2.45) is 17.1 Å². The molecule has 1 aliphatic carbocycles. The monoisotopic (exact) mass is 310 g/mol. The fourth-order valence-corrected chi connectivity index (χ4v) is 4.55. The van der Waals surface area contributed by atoms with Gasteiger partial charge in [0.15, 0.2) is 0 Å². The zero-order valence-electron chi connectivity index (χ0n) is 14.5. The van der Waals surface area contributed by atoms with Crippen molar-refractivity contribution in [3.05, 3.63) is 0 Å². The number of nitrogens with two attached hydrogens (primary N) is 1. The van der Waals surface area contributed by atoms with Gasteiger partial charge in [0.2, 0.25) is 5.91 Å². The molecule has 1 heterocycles. The molecule has 1 saturated heterocycles. The number of amides is 1. The van der Waals surface area contributed by atoms with E-state index in [1.165, 1.54) is 19.3 Å². The van der Waals surface area contributed by atoms with E-state index in [1.54, 1.807) is 7.11 Å². The minimum atomic E-state index is -0.135. The van der Waals surface area contributed by atoms with Gasteiger partial charge in [0, 0.05) is 13.7 Å². The first-order valence-corrected chi connectivity index (χ1v) is 9.16. The third-order valence-corrected chi connectivity index (χ3v) is 5.95. The van der Waals surface area contributed by atoms with Crippen molar-refractivity contribution in [2.75, 3.05) is 26.8 Å². The molecule has 1 amide bonds. The lowest BCUT2D eigenvalue weighted by Gasteiger charge is -2.45. The molecule has 1 aliphatic heterocycles. The fourth-order valence-electron chi connectivity index (χ4n) is 4.55. The van der Waals surface area contributed by atoms with Crippen LogP contribution in [0.4, 0.5) is 0 Å². The molecule has 0 radical (unpaired) electrons. The van der Waals surface area contributed by atoms with Crippen LogP contribution in [-0.4, -0.2) is 43.7 Å². The second-order valence-corrected chi connectivity index (χ2v) is 7.30. The van der Waals surface area contributed by atoms with Crippen molar-refractivity contribution in [3.63, 3.8) is 0 Å². The van der Waals surface area contributed by atoms with Gasteiger partial charge in [-0.2, -0.15) is 0 Å². The van der Waals surface area contributed by atoms with Crippen molar-refractivity contribution < 1.29 is 9.53 Å². The lowest BCUT2D eigenvalue weighted by Crippen LogP contribution is -2.51. The largest absolute Gasteiger partial charge is 0.383 e. The summed E-state index contributed by atoms with van der Waals surface area (Å²) in [6.45, 7) is 4.62. The van der Waals surface area contributed by atoms with Crippen LogP contribution in [0.25, 0.3) is 0 Å². The highest BCUT2D eigenvalue weighted by molar-refractivity contribution is 5.83. The lowest BCUT2D eigenvalue weighted by atomic mass is 9.63. The maximum absolute atomic E-state index is 13.5. The Labute approximate surface area is 135 Å². The second-order valence-electron chi connectivity index (χ2n) is 7.30. The summed E-state index contributed by atoms with van der Waals surface area (Å²) >= 11 is 0. The molecule has 1 saturated carbocycles. The number of unbranched alkanes of at least 4 members (excludes halogenated alkanes) is 1. The summed E-state index contributed by atoms with van der Waals surface area (Å²) < 4.78 is 5.34. The van der Waals surface area contributed by atoms with Gasteiger partial charge in [-0.05, 0) is 51.0 Å². The molecule has 0 spiro atoms. The van der Waals surface area contributed by atoms with E-state index in [9.17, 15) is 4.79 Å². The van der Waals surface area contributed by atoms with E-state index in [-0.39, 0.29) is 11.5 Å². The van der Waals surface area contributed by atoms with E-state index in [1.807, 2.05) is 0 Å². The number of carbonyl (C=O) groups is 1. The van der Waals surface area contributed by atoms with Gasteiger partial charge in [0.1, 0.15) is 0 Å². The minimum Gasteiger partial charge on any atom is -0.383 e. The molecule has 4 nitrogen and oxygen atoms in total. The molecule has 4 heteroatoms. The van der Waals surface area contributed by atoms with Crippen molar-refractivity contribution in [2.45, 2.75) is 70.8 Å². The topological polar surface area (TPSA) is 55.6 Å². The van der Waals surface area contributed by atoms with Crippen molar-refractivity contribution in [1.82, 2.24) is 4.90 Å². The molecule has 0 aromatic carbocycles. The molecule has 2 N–H and O–H groups in total. The van der Waals surface area contributed by atoms with Crippen LogP contribution in [0.5, 0.6) is 0 Å². The average molecular weight is 310 g/mol. The lowest BCUT2D eigenvalue weighted by molar-refractivity contribution is -0.150. The number of hydrogen-bond donors (Lipinski definition) is 1. The van der Waals surface area contributed by atoms with Crippen LogP contribution in [0.2, 0.25) is 0 Å². The maximum atomic E-state index is 13.5. The summed E-state index contributed by atoms with van der Waals surface area (Å²) in [5.41, 5.74) is 5.53. The van der Waals surface area contributed by atoms with Gasteiger partial charge in [0.25, 0.3) is 0 Å². The summed E-state index contributed by atoms with van der Waals surface area (Å²) in [6, 6.07) is 0.290. The quantitative estimate of drug-likeness (QED) is 0.736. The van der Waals surface area contributed by atoms with Gasteiger partial charge in [-0.15, -0.1) is 0 Å². The predicted molar refractivity (Wildman–Crippen MR) is 89.6 cm³/mol. The predicted octanol–water partition coefficient (Wildman–Crippen LogP) is 2.95. The van der Waals surface area contributed by atoms with Crippen LogP contribution < -0.4 is 5.73 Å². The Kier molecular flexibility index (Phi) is 6.69. The summed E-state index contributed by atoms with van der Waals surface area (Å²) in [5.74, 6) is 0.909. The van der Waals surface area contributed by atoms with Crippen LogP contribution in [0.3, 0.4) is 0 Å². The number of rotatable bonds is 7. The van der Waals surface area contributed by atoms with Gasteiger partial charge >= 0.3 is 0 Å². The number of likely N-dealkylation sites (tertiary alicyclic amines) is 1. The van der Waals surface area contributed by atoms with Crippen LogP contribution in [0.1, 0.15) is 64.7 Å². The molecular weight excluding hydrogens is 276 g/mol. The molecular formula is C18H34N2O2. The fraction of sp³-hybridized carbons (Fsp3) is 0.944. The van der Waals surface area contributed by atoms with E-state index < -0.39 is 0 Å². The highest BCUT2D eigenvalue weighted by atomic mass is 16.5. The standard InChI is InChI=1S/C18H34N2O2/c1-15-8-3-4-10-18(15,11-5-6-12-19)17(21)20-13-7-9-16(20)14-22-2/h15-16H,3-14,19H2,1-2H3/t15-,16+,18-/m1/s1. The average Bonchev–Trinajstić information content (AvgIpc) is 2.97. The second kappa shape index (κ2) is 8.30. The number of methoxy groups -OCH3 is 1. The number of carbonyl (C=O) groups excluding carboxylic acids is 1. The Morgan fingerprint density at radius 2 is 2.09 bits per heavy atom. The molecule has 0 bridgehead atoms. The molecule has 2 fully saturated rings. The third-order valence-electron chi connectivity index (χ3n) is 5.95. The van der Waals surface area contributed by atoms with E-state index >= 15 is 0 Å².